The van der Waals surface area contributed by atoms with E-state index in [0.717, 1.165) is 10.4 Å². The van der Waals surface area contributed by atoms with Crippen molar-refractivity contribution in [3.63, 3.8) is 0 Å². The molecule has 0 aliphatic carbocycles. The largest absolute Gasteiger partial charge is 0.364 e. The highest BCUT2D eigenvalue weighted by molar-refractivity contribution is 7.87. The third-order valence-electron chi connectivity index (χ3n) is 3.87. The van der Waals surface area contributed by atoms with E-state index < -0.39 is 34.0 Å². The molecule has 2 atom stereocenters. The number of carbonyl (C=O) groups excluding carboxylic acids is 1. The number of carbonyl (C=O) groups is 1. The summed E-state index contributed by atoms with van der Waals surface area (Å²) in [5, 5.41) is 6.12. The zero-order valence-electron chi connectivity index (χ0n) is 12.9. The summed E-state index contributed by atoms with van der Waals surface area (Å²) in [6.07, 6.45) is 1.46. The summed E-state index contributed by atoms with van der Waals surface area (Å²) in [6.45, 7) is 0. The number of hydrogen-bond acceptors (Lipinski definition) is 5. The summed E-state index contributed by atoms with van der Waals surface area (Å²) in [7, 11) is -2.59. The van der Waals surface area contributed by atoms with Gasteiger partial charge < -0.3 is 9.84 Å². The summed E-state index contributed by atoms with van der Waals surface area (Å²) < 4.78 is 45.8. The smallest absolute Gasteiger partial charge is 0.280 e. The van der Waals surface area contributed by atoms with Crippen molar-refractivity contribution < 1.29 is 22.1 Å². The summed E-state index contributed by atoms with van der Waals surface area (Å²) in [6, 6.07) is 3.53. The van der Waals surface area contributed by atoms with Crippen LogP contribution in [0, 0.1) is 5.82 Å². The molecule has 0 spiro atoms. The van der Waals surface area contributed by atoms with E-state index in [-0.39, 0.29) is 17.1 Å². The van der Waals surface area contributed by atoms with Crippen LogP contribution in [0.3, 0.4) is 0 Å². The zero-order chi connectivity index (χ0) is 18.2. The summed E-state index contributed by atoms with van der Waals surface area (Å²) >= 11 is 5.69. The number of amides is 1. The average molecular weight is 389 g/mol. The quantitative estimate of drug-likeness (QED) is 0.832. The third-order valence-corrected chi connectivity index (χ3v) is 5.76. The first-order chi connectivity index (χ1) is 11.8. The summed E-state index contributed by atoms with van der Waals surface area (Å²) in [5.74, 6) is -1.18. The molecule has 2 aromatic rings. The van der Waals surface area contributed by atoms with E-state index in [2.05, 4.69) is 15.2 Å². The molecule has 0 radical (unpaired) electrons. The van der Waals surface area contributed by atoms with Gasteiger partial charge in [0.25, 0.3) is 10.2 Å². The molecule has 0 bridgehead atoms. The van der Waals surface area contributed by atoms with Gasteiger partial charge in [-0.15, -0.1) is 0 Å². The fourth-order valence-electron chi connectivity index (χ4n) is 2.50. The molecule has 1 aromatic carbocycles. The van der Waals surface area contributed by atoms with Gasteiger partial charge in [-0.25, -0.2) is 4.39 Å². The van der Waals surface area contributed by atoms with E-state index >= 15 is 0 Å². The van der Waals surface area contributed by atoms with Crippen LogP contribution in [0.5, 0.6) is 0 Å². The lowest BCUT2D eigenvalue weighted by Gasteiger charge is -2.35. The van der Waals surface area contributed by atoms with Gasteiger partial charge in [0, 0.05) is 18.8 Å². The van der Waals surface area contributed by atoms with Crippen molar-refractivity contribution in [2.24, 2.45) is 0 Å². The van der Waals surface area contributed by atoms with Crippen molar-refractivity contribution in [1.29, 1.82) is 0 Å². The maximum Gasteiger partial charge on any atom is 0.280 e. The molecule has 1 aliphatic rings. The lowest BCUT2D eigenvalue weighted by Crippen LogP contribution is -2.56. The number of nitrogens with one attached hydrogen (secondary N) is 2. The lowest BCUT2D eigenvalue weighted by atomic mass is 10.0. The minimum absolute atomic E-state index is 0.142. The van der Waals surface area contributed by atoms with Crippen LogP contribution in [0.25, 0.3) is 0 Å². The van der Waals surface area contributed by atoms with Crippen LogP contribution < -0.4 is 10.0 Å². The minimum atomic E-state index is -3.88. The molecule has 3 rings (SSSR count). The second-order valence-corrected chi connectivity index (χ2v) is 7.65. The molecule has 1 aliphatic heterocycles. The van der Waals surface area contributed by atoms with E-state index in [4.69, 9.17) is 16.1 Å². The standard InChI is InChI=1S/C14H14ClFN4O4S/c1-20-13(14(21)17-8-2-3-10(16)9(15)6-8)7-12(19-25(20,22)23)11-4-5-24-18-11/h2-6,12-13,19H,7H2,1H3,(H,17,21)/t12-,13?/m0/s1. The molecular formula is C14H14ClFN4O4S. The predicted molar refractivity (Wildman–Crippen MR) is 87.5 cm³/mol. The Morgan fingerprint density at radius 1 is 1.48 bits per heavy atom. The Hall–Kier alpha value is -2.01. The fourth-order valence-corrected chi connectivity index (χ4v) is 3.94. The van der Waals surface area contributed by atoms with Gasteiger partial charge in [0.15, 0.2) is 0 Å². The maximum absolute atomic E-state index is 13.2. The van der Waals surface area contributed by atoms with Gasteiger partial charge in [-0.2, -0.15) is 17.4 Å². The minimum Gasteiger partial charge on any atom is -0.364 e. The van der Waals surface area contributed by atoms with E-state index in [1.54, 1.807) is 0 Å². The van der Waals surface area contributed by atoms with Gasteiger partial charge in [0.1, 0.15) is 23.8 Å². The van der Waals surface area contributed by atoms with Crippen LogP contribution in [0.1, 0.15) is 18.2 Å². The van der Waals surface area contributed by atoms with Crippen LogP contribution in [0.15, 0.2) is 35.1 Å². The van der Waals surface area contributed by atoms with Gasteiger partial charge in [-0.1, -0.05) is 16.8 Å². The van der Waals surface area contributed by atoms with Crippen LogP contribution >= 0.6 is 11.6 Å². The zero-order valence-corrected chi connectivity index (χ0v) is 14.5. The van der Waals surface area contributed by atoms with Gasteiger partial charge in [-0.3, -0.25) is 4.79 Å². The van der Waals surface area contributed by atoms with E-state index in [9.17, 15) is 17.6 Å². The molecule has 1 fully saturated rings. The van der Waals surface area contributed by atoms with Crippen LogP contribution in [-0.4, -0.2) is 36.9 Å². The molecule has 11 heteroatoms. The Labute approximate surface area is 148 Å². The van der Waals surface area contributed by atoms with Gasteiger partial charge in [0.2, 0.25) is 5.91 Å². The fraction of sp³-hybridized carbons (Fsp3) is 0.286. The molecule has 1 unspecified atom stereocenters. The topological polar surface area (TPSA) is 105 Å². The first-order valence-corrected chi connectivity index (χ1v) is 9.01. The Morgan fingerprint density at radius 3 is 2.88 bits per heavy atom. The number of nitrogens with zero attached hydrogens (tertiary/aromatic N) is 2. The highest BCUT2D eigenvalue weighted by atomic mass is 35.5. The summed E-state index contributed by atoms with van der Waals surface area (Å²) in [5.41, 5.74) is 0.637. The number of hydrogen-bond donors (Lipinski definition) is 2. The van der Waals surface area contributed by atoms with Crippen LogP contribution in [0.2, 0.25) is 5.02 Å². The molecule has 2 heterocycles. The molecule has 0 saturated carbocycles. The highest BCUT2D eigenvalue weighted by Gasteiger charge is 2.41. The van der Waals surface area contributed by atoms with Gasteiger partial charge in [0.05, 0.1) is 11.1 Å². The Kier molecular flexibility index (Phi) is 4.78. The SMILES string of the molecule is CN1C(C(=O)Nc2ccc(F)c(Cl)c2)C[C@@H](c2ccon2)NS1(=O)=O. The second-order valence-electron chi connectivity index (χ2n) is 5.49. The van der Waals surface area contributed by atoms with Crippen molar-refractivity contribution in [1.82, 2.24) is 14.2 Å². The van der Waals surface area contributed by atoms with Gasteiger partial charge >= 0.3 is 0 Å². The number of benzene rings is 1. The molecular weight excluding hydrogens is 375 g/mol. The van der Waals surface area contributed by atoms with Crippen LogP contribution in [0.4, 0.5) is 10.1 Å². The summed E-state index contributed by atoms with van der Waals surface area (Å²) in [4.78, 5) is 12.6. The highest BCUT2D eigenvalue weighted by Crippen LogP contribution is 2.28. The van der Waals surface area contributed by atoms with E-state index in [1.165, 1.54) is 31.5 Å². The first kappa shape index (κ1) is 17.8. The number of likely N-dealkylation sites (N-methyl/N-ethyl adjacent to an activating group) is 1. The Morgan fingerprint density at radius 2 is 2.24 bits per heavy atom. The van der Waals surface area contributed by atoms with Crippen molar-refractivity contribution in [3.05, 3.63) is 47.1 Å². The first-order valence-electron chi connectivity index (χ1n) is 7.19. The molecule has 1 saturated heterocycles. The second kappa shape index (κ2) is 6.71. The van der Waals surface area contributed by atoms with Crippen LogP contribution in [-0.2, 0) is 15.0 Å². The van der Waals surface area contributed by atoms with Crippen molar-refractivity contribution in [3.8, 4) is 0 Å². The van der Waals surface area contributed by atoms with Crippen molar-refractivity contribution in [2.45, 2.75) is 18.5 Å². The normalized spacial score (nSPS) is 23.3. The Bertz CT molecular complexity index is 890. The van der Waals surface area contributed by atoms with E-state index in [1.807, 2.05) is 0 Å². The molecule has 25 heavy (non-hydrogen) atoms. The maximum atomic E-state index is 13.2. The number of rotatable bonds is 3. The van der Waals surface area contributed by atoms with Crippen molar-refractivity contribution >= 4 is 33.4 Å². The Balaban J connectivity index is 1.83. The average Bonchev–Trinajstić information content (AvgIpc) is 3.07. The predicted octanol–water partition coefficient (Wildman–Crippen LogP) is 1.69. The number of anilines is 1. The molecule has 1 aromatic heterocycles. The lowest BCUT2D eigenvalue weighted by molar-refractivity contribution is -0.120. The van der Waals surface area contributed by atoms with E-state index in [0.29, 0.717) is 5.69 Å². The molecule has 134 valence electrons. The number of halogens is 2. The van der Waals surface area contributed by atoms with Gasteiger partial charge in [-0.05, 0) is 24.6 Å². The monoisotopic (exact) mass is 388 g/mol. The van der Waals surface area contributed by atoms with Crippen molar-refractivity contribution in [2.75, 3.05) is 12.4 Å². The third kappa shape index (κ3) is 3.66. The molecule has 1 amide bonds. The number of aromatic nitrogens is 1. The molecule has 8 nitrogen and oxygen atoms in total. The molecule has 2 N–H and O–H groups in total.